The third-order valence-electron chi connectivity index (χ3n) is 6.16. The molecule has 37 heavy (non-hydrogen) atoms. The molecular weight excluding hydrogens is 478 g/mol. The van der Waals surface area contributed by atoms with Crippen LogP contribution < -0.4 is 15.8 Å². The average molecular weight is 506 g/mol. The van der Waals surface area contributed by atoms with Gasteiger partial charge in [-0.3, -0.25) is 9.78 Å². The molecule has 0 spiro atoms. The molecule has 1 aliphatic carbocycles. The highest BCUT2D eigenvalue weighted by Gasteiger charge is 2.36. The highest BCUT2D eigenvalue weighted by Crippen LogP contribution is 2.29. The van der Waals surface area contributed by atoms with Crippen molar-refractivity contribution in [3.05, 3.63) is 77.9 Å². The van der Waals surface area contributed by atoms with Crippen LogP contribution in [-0.4, -0.2) is 59.2 Å². The first-order valence-electron chi connectivity index (χ1n) is 11.9. The van der Waals surface area contributed by atoms with Crippen molar-refractivity contribution in [2.24, 2.45) is 5.73 Å². The van der Waals surface area contributed by atoms with Crippen molar-refractivity contribution >= 4 is 23.0 Å². The van der Waals surface area contributed by atoms with Gasteiger partial charge in [0, 0.05) is 12.3 Å². The third-order valence-corrected chi connectivity index (χ3v) is 6.16. The van der Waals surface area contributed by atoms with Gasteiger partial charge in [-0.25, -0.2) is 14.7 Å². The maximum absolute atomic E-state index is 12.7. The number of hydrogen-bond acceptors (Lipinski definition) is 9. The van der Waals surface area contributed by atoms with Crippen LogP contribution in [0.1, 0.15) is 18.4 Å². The first-order valence-corrected chi connectivity index (χ1v) is 11.9. The maximum atomic E-state index is 12.7. The second-order valence-corrected chi connectivity index (χ2v) is 8.70. The van der Waals surface area contributed by atoms with E-state index in [1.165, 1.54) is 24.5 Å². The number of methoxy groups -OCH3 is 1. The first-order chi connectivity index (χ1) is 18.0. The molecule has 2 atom stereocenters. The maximum Gasteiger partial charge on any atom is 0.417 e. The van der Waals surface area contributed by atoms with E-state index in [4.69, 9.17) is 24.7 Å². The number of carbonyl (C=O) groups excluding carboxylic acids is 2. The first kappa shape index (κ1) is 24.3. The molecule has 2 amide bonds. The lowest BCUT2D eigenvalue weighted by Crippen LogP contribution is -2.45. The number of cyclic esters (lactones) is 1. The zero-order valence-corrected chi connectivity index (χ0v) is 20.3. The van der Waals surface area contributed by atoms with Crippen molar-refractivity contribution in [2.75, 3.05) is 20.2 Å². The summed E-state index contributed by atoms with van der Waals surface area (Å²) < 4.78 is 21.9. The van der Waals surface area contributed by atoms with Gasteiger partial charge in [0.2, 0.25) is 17.7 Å². The summed E-state index contributed by atoms with van der Waals surface area (Å²) in [6.45, 7) is 0.291. The number of pyridine rings is 2. The second-order valence-electron chi connectivity index (χ2n) is 8.70. The largest absolute Gasteiger partial charge is 0.481 e. The van der Waals surface area contributed by atoms with Crippen molar-refractivity contribution in [2.45, 2.75) is 31.4 Å². The Balaban J connectivity index is 1.15. The minimum Gasteiger partial charge on any atom is -0.481 e. The minimum absolute atomic E-state index is 0.102. The predicted octanol–water partition coefficient (Wildman–Crippen LogP) is 2.41. The Bertz CT molecular complexity index is 1330. The number of rotatable bonds is 8. The smallest absolute Gasteiger partial charge is 0.417 e. The standard InChI is InChI=1S/C26H27N5O6/c1-34-22-8-7-20-24(30-22)17(9-10-28-20)11-19(27)25(32)29-12-18-13-31(26(33)36-18)23-15-35-14-21(37-23)16-5-3-2-4-6-16/h2-3,5,7-10,14-15,18-19H,4,6,11-13,27H2,1H3,(H,29,32)/t18-,19-/m1/s1. The van der Waals surface area contributed by atoms with Gasteiger partial charge in [-0.05, 0) is 42.5 Å². The van der Waals surface area contributed by atoms with E-state index in [1.807, 2.05) is 12.2 Å². The molecule has 0 unspecified atom stereocenters. The Labute approximate surface area is 213 Å². The molecule has 0 aromatic carbocycles. The van der Waals surface area contributed by atoms with Crippen molar-refractivity contribution in [3.63, 3.8) is 0 Å². The van der Waals surface area contributed by atoms with E-state index in [0.29, 0.717) is 22.7 Å². The lowest BCUT2D eigenvalue weighted by Gasteiger charge is -2.23. The number of amides is 2. The molecule has 2 aliphatic heterocycles. The number of ether oxygens (including phenoxy) is 4. The fraction of sp³-hybridized carbons (Fsp3) is 0.308. The number of nitrogens with zero attached hydrogens (tertiary/aromatic N) is 3. The highest BCUT2D eigenvalue weighted by molar-refractivity contribution is 5.84. The summed E-state index contributed by atoms with van der Waals surface area (Å²) >= 11 is 0. The molecule has 4 heterocycles. The molecule has 3 N–H and O–H groups in total. The molecule has 0 bridgehead atoms. The molecule has 11 heteroatoms. The Morgan fingerprint density at radius 2 is 2.22 bits per heavy atom. The summed E-state index contributed by atoms with van der Waals surface area (Å²) in [5.74, 6) is 0.857. The normalized spacial score (nSPS) is 19.7. The summed E-state index contributed by atoms with van der Waals surface area (Å²) in [4.78, 5) is 35.3. The molecule has 1 saturated heterocycles. The summed E-state index contributed by atoms with van der Waals surface area (Å²) in [6.07, 6.45) is 11.3. The number of hydrogen-bond donors (Lipinski definition) is 2. The number of carbonyl (C=O) groups is 2. The van der Waals surface area contributed by atoms with E-state index in [0.717, 1.165) is 24.0 Å². The van der Waals surface area contributed by atoms with Crippen LogP contribution in [0.15, 0.2) is 72.4 Å². The SMILES string of the molecule is COc1ccc2nccc(C[C@@H](N)C(=O)NC[C@@H]3CN(C4=COC=C(C5=CC=CCC5)O4)C(=O)O3)c2n1. The van der Waals surface area contributed by atoms with Gasteiger partial charge in [0.15, 0.2) is 12.0 Å². The van der Waals surface area contributed by atoms with E-state index in [2.05, 4.69) is 21.4 Å². The molecule has 2 aromatic rings. The number of aromatic nitrogens is 2. The lowest BCUT2D eigenvalue weighted by atomic mass is 10.0. The van der Waals surface area contributed by atoms with Gasteiger partial charge in [-0.15, -0.1) is 0 Å². The Morgan fingerprint density at radius 3 is 3.03 bits per heavy atom. The number of nitrogens with two attached hydrogens (primary N) is 1. The fourth-order valence-corrected chi connectivity index (χ4v) is 4.20. The molecule has 3 aliphatic rings. The Morgan fingerprint density at radius 1 is 1.32 bits per heavy atom. The molecule has 0 saturated carbocycles. The highest BCUT2D eigenvalue weighted by atomic mass is 16.6. The van der Waals surface area contributed by atoms with Crippen LogP contribution in [-0.2, 0) is 25.4 Å². The van der Waals surface area contributed by atoms with Crippen LogP contribution in [0.4, 0.5) is 4.79 Å². The zero-order valence-electron chi connectivity index (χ0n) is 20.3. The third kappa shape index (κ3) is 5.41. The van der Waals surface area contributed by atoms with Crippen LogP contribution in [0, 0.1) is 0 Å². The number of fused-ring (bicyclic) bond motifs is 1. The molecule has 0 radical (unpaired) electrons. The van der Waals surface area contributed by atoms with Gasteiger partial charge in [0.1, 0.15) is 12.4 Å². The lowest BCUT2D eigenvalue weighted by molar-refractivity contribution is -0.122. The van der Waals surface area contributed by atoms with Crippen LogP contribution in [0.5, 0.6) is 5.88 Å². The van der Waals surface area contributed by atoms with Crippen LogP contribution >= 0.6 is 0 Å². The van der Waals surface area contributed by atoms with Crippen LogP contribution in [0.2, 0.25) is 0 Å². The number of nitrogens with one attached hydrogen (secondary N) is 1. The Hall–Kier alpha value is -4.38. The molecule has 192 valence electrons. The van der Waals surface area contributed by atoms with E-state index >= 15 is 0 Å². The van der Waals surface area contributed by atoms with Crippen molar-refractivity contribution in [1.29, 1.82) is 0 Å². The Kier molecular flexibility index (Phi) is 7.04. The number of allylic oxidation sites excluding steroid dienone is 4. The van der Waals surface area contributed by atoms with Crippen molar-refractivity contribution in [3.8, 4) is 5.88 Å². The summed E-state index contributed by atoms with van der Waals surface area (Å²) in [5, 5.41) is 2.77. The second kappa shape index (κ2) is 10.7. The monoisotopic (exact) mass is 505 g/mol. The van der Waals surface area contributed by atoms with Gasteiger partial charge in [-0.2, -0.15) is 0 Å². The van der Waals surface area contributed by atoms with Crippen LogP contribution in [0.3, 0.4) is 0 Å². The quantitative estimate of drug-likeness (QED) is 0.554. The summed E-state index contributed by atoms with van der Waals surface area (Å²) in [7, 11) is 1.53. The van der Waals surface area contributed by atoms with Crippen molar-refractivity contribution < 1.29 is 28.5 Å². The van der Waals surface area contributed by atoms with Crippen LogP contribution in [0.25, 0.3) is 11.0 Å². The zero-order chi connectivity index (χ0) is 25.8. The van der Waals surface area contributed by atoms with Gasteiger partial charge in [0.25, 0.3) is 0 Å². The molecule has 11 nitrogen and oxygen atoms in total. The summed E-state index contributed by atoms with van der Waals surface area (Å²) in [6, 6.07) is 4.46. The fourth-order valence-electron chi connectivity index (χ4n) is 4.20. The van der Waals surface area contributed by atoms with Gasteiger partial charge in [-0.1, -0.05) is 18.2 Å². The minimum atomic E-state index is -0.838. The van der Waals surface area contributed by atoms with E-state index < -0.39 is 18.2 Å². The average Bonchev–Trinajstić information content (AvgIpc) is 3.32. The molecule has 2 aromatic heterocycles. The molecule has 5 rings (SSSR count). The topological polar surface area (TPSA) is 138 Å². The van der Waals surface area contributed by atoms with Gasteiger partial charge >= 0.3 is 6.09 Å². The van der Waals surface area contributed by atoms with E-state index in [1.54, 1.807) is 24.4 Å². The predicted molar refractivity (Wildman–Crippen MR) is 133 cm³/mol. The van der Waals surface area contributed by atoms with Crippen molar-refractivity contribution in [1.82, 2.24) is 20.2 Å². The van der Waals surface area contributed by atoms with E-state index in [-0.39, 0.29) is 31.3 Å². The van der Waals surface area contributed by atoms with E-state index in [9.17, 15) is 9.59 Å². The molecule has 1 fully saturated rings. The summed E-state index contributed by atoms with van der Waals surface area (Å²) in [5.41, 5.74) is 9.25. The molecular formula is C26H27N5O6. The van der Waals surface area contributed by atoms with Gasteiger partial charge in [0.05, 0.1) is 37.3 Å². The van der Waals surface area contributed by atoms with Gasteiger partial charge < -0.3 is 30.0 Å².